The molecule has 154 valence electrons. The van der Waals surface area contributed by atoms with E-state index in [2.05, 4.69) is 32.7 Å². The van der Waals surface area contributed by atoms with Crippen LogP contribution in [-0.4, -0.2) is 56.5 Å². The zero-order valence-electron chi connectivity index (χ0n) is 17.0. The lowest BCUT2D eigenvalue weighted by Gasteiger charge is -2.36. The number of nitrogens with zero attached hydrogens (tertiary/aromatic N) is 3. The van der Waals surface area contributed by atoms with Crippen molar-refractivity contribution in [3.8, 4) is 0 Å². The first-order valence-corrected chi connectivity index (χ1v) is 9.84. The zero-order chi connectivity index (χ0) is 20.6. The van der Waals surface area contributed by atoms with E-state index in [1.54, 1.807) is 26.1 Å². The maximum absolute atomic E-state index is 13.4. The van der Waals surface area contributed by atoms with Crippen molar-refractivity contribution in [2.24, 2.45) is 4.99 Å². The Labute approximate surface area is 171 Å². The normalized spacial score (nSPS) is 14.7. The van der Waals surface area contributed by atoms with Gasteiger partial charge in [0.15, 0.2) is 5.96 Å². The fraction of sp³-hybridized carbons (Fsp3) is 0.364. The van der Waals surface area contributed by atoms with Gasteiger partial charge in [-0.2, -0.15) is 0 Å². The molecule has 2 aromatic rings. The summed E-state index contributed by atoms with van der Waals surface area (Å²) in [7, 11) is 1.66. The van der Waals surface area contributed by atoms with Gasteiger partial charge in [0.05, 0.1) is 6.54 Å². The van der Waals surface area contributed by atoms with Crippen LogP contribution < -0.4 is 15.5 Å². The summed E-state index contributed by atoms with van der Waals surface area (Å²) < 4.78 is 13.4. The van der Waals surface area contributed by atoms with E-state index in [0.717, 1.165) is 18.7 Å². The van der Waals surface area contributed by atoms with E-state index in [-0.39, 0.29) is 18.3 Å². The summed E-state index contributed by atoms with van der Waals surface area (Å²) in [6, 6.07) is 15.3. The lowest BCUT2D eigenvalue weighted by Crippen LogP contribution is -2.52. The number of piperazine rings is 1. The highest BCUT2D eigenvalue weighted by Gasteiger charge is 2.21. The van der Waals surface area contributed by atoms with Crippen LogP contribution in [0, 0.1) is 12.7 Å². The van der Waals surface area contributed by atoms with Crippen molar-refractivity contribution in [2.75, 3.05) is 44.7 Å². The molecule has 3 rings (SSSR count). The zero-order valence-corrected chi connectivity index (χ0v) is 17.0. The number of carbonyl (C=O) groups is 1. The smallest absolute Gasteiger partial charge is 0.242 e. The molecular formula is C22H28FN5O. The van der Waals surface area contributed by atoms with Crippen molar-refractivity contribution < 1.29 is 9.18 Å². The second-order valence-electron chi connectivity index (χ2n) is 7.07. The largest absolute Gasteiger partial charge is 0.368 e. The third-order valence-electron chi connectivity index (χ3n) is 5.07. The summed E-state index contributed by atoms with van der Waals surface area (Å²) in [6.45, 7) is 5.49. The van der Waals surface area contributed by atoms with E-state index in [0.29, 0.717) is 31.2 Å². The molecule has 0 aliphatic carbocycles. The number of carbonyl (C=O) groups excluding carboxylic acids is 1. The second-order valence-corrected chi connectivity index (χ2v) is 7.07. The molecular weight excluding hydrogens is 369 g/mol. The van der Waals surface area contributed by atoms with Crippen LogP contribution >= 0.6 is 0 Å². The number of anilines is 1. The Morgan fingerprint density at radius 2 is 1.79 bits per heavy atom. The molecule has 0 spiro atoms. The Bertz CT molecular complexity index is 848. The van der Waals surface area contributed by atoms with E-state index < -0.39 is 0 Å². The number of halogens is 1. The van der Waals surface area contributed by atoms with Crippen molar-refractivity contribution in [1.29, 1.82) is 0 Å². The average Bonchev–Trinajstić information content (AvgIpc) is 2.76. The minimum atomic E-state index is -0.214. The van der Waals surface area contributed by atoms with Crippen molar-refractivity contribution in [2.45, 2.75) is 13.5 Å². The molecule has 0 radical (unpaired) electrons. The van der Waals surface area contributed by atoms with Gasteiger partial charge in [-0.25, -0.2) is 4.39 Å². The summed E-state index contributed by atoms with van der Waals surface area (Å²) in [5, 5.41) is 6.22. The first-order valence-electron chi connectivity index (χ1n) is 9.84. The first kappa shape index (κ1) is 20.6. The predicted molar refractivity (Wildman–Crippen MR) is 115 cm³/mol. The van der Waals surface area contributed by atoms with E-state index in [1.165, 1.54) is 11.8 Å². The van der Waals surface area contributed by atoms with Crippen LogP contribution in [0.1, 0.15) is 11.1 Å². The monoisotopic (exact) mass is 397 g/mol. The van der Waals surface area contributed by atoms with Crippen molar-refractivity contribution >= 4 is 17.6 Å². The SMILES string of the molecule is CN=C(NCC(=O)N1CCN(c2ccccc2)CC1)NCc1ccc(F)c(C)c1. The molecule has 0 aromatic heterocycles. The van der Waals surface area contributed by atoms with Crippen molar-refractivity contribution in [3.05, 3.63) is 65.5 Å². The number of hydrogen-bond acceptors (Lipinski definition) is 3. The van der Waals surface area contributed by atoms with E-state index in [1.807, 2.05) is 23.1 Å². The highest BCUT2D eigenvalue weighted by atomic mass is 19.1. The summed E-state index contributed by atoms with van der Waals surface area (Å²) in [5.41, 5.74) is 2.76. The summed E-state index contributed by atoms with van der Waals surface area (Å²) in [4.78, 5) is 20.9. The van der Waals surface area contributed by atoms with E-state index in [4.69, 9.17) is 0 Å². The van der Waals surface area contributed by atoms with Crippen LogP contribution in [0.5, 0.6) is 0 Å². The second kappa shape index (κ2) is 9.91. The van der Waals surface area contributed by atoms with Gasteiger partial charge >= 0.3 is 0 Å². The molecule has 6 nitrogen and oxygen atoms in total. The molecule has 2 N–H and O–H groups in total. The van der Waals surface area contributed by atoms with Crippen LogP contribution in [0.3, 0.4) is 0 Å². The molecule has 0 unspecified atom stereocenters. The number of nitrogens with one attached hydrogen (secondary N) is 2. The number of aryl methyl sites for hydroxylation is 1. The topological polar surface area (TPSA) is 60.0 Å². The number of hydrogen-bond donors (Lipinski definition) is 2. The van der Waals surface area contributed by atoms with Gasteiger partial charge < -0.3 is 20.4 Å². The number of guanidine groups is 1. The Balaban J connectivity index is 1.42. The molecule has 0 saturated carbocycles. The Morgan fingerprint density at radius 3 is 2.45 bits per heavy atom. The maximum Gasteiger partial charge on any atom is 0.242 e. The standard InChI is InChI=1S/C22H28FN5O/c1-17-14-18(8-9-20(17)23)15-25-22(24-2)26-16-21(29)28-12-10-27(11-13-28)19-6-4-3-5-7-19/h3-9,14H,10-13,15-16H2,1-2H3,(H2,24,25,26). The summed E-state index contributed by atoms with van der Waals surface area (Å²) >= 11 is 0. The van der Waals surface area contributed by atoms with Crippen LogP contribution in [-0.2, 0) is 11.3 Å². The summed E-state index contributed by atoms with van der Waals surface area (Å²) in [5.74, 6) is 0.385. The van der Waals surface area contributed by atoms with Gasteiger partial charge in [0.2, 0.25) is 5.91 Å². The number of para-hydroxylation sites is 1. The number of rotatable bonds is 5. The molecule has 0 atom stereocenters. The van der Waals surface area contributed by atoms with Gasteiger partial charge in [-0.15, -0.1) is 0 Å². The Hall–Kier alpha value is -3.09. The van der Waals surface area contributed by atoms with Gasteiger partial charge in [-0.1, -0.05) is 30.3 Å². The lowest BCUT2D eigenvalue weighted by molar-refractivity contribution is -0.130. The van der Waals surface area contributed by atoms with Gasteiger partial charge in [0.1, 0.15) is 5.82 Å². The van der Waals surface area contributed by atoms with Crippen LogP contribution in [0.15, 0.2) is 53.5 Å². The maximum atomic E-state index is 13.4. The van der Waals surface area contributed by atoms with Crippen LogP contribution in [0.25, 0.3) is 0 Å². The van der Waals surface area contributed by atoms with Crippen LogP contribution in [0.4, 0.5) is 10.1 Å². The minimum Gasteiger partial charge on any atom is -0.368 e. The third-order valence-corrected chi connectivity index (χ3v) is 5.07. The van der Waals surface area contributed by atoms with Gasteiger partial charge in [-0.3, -0.25) is 9.79 Å². The molecule has 1 saturated heterocycles. The first-order chi connectivity index (χ1) is 14.1. The van der Waals surface area contributed by atoms with Gasteiger partial charge in [0.25, 0.3) is 0 Å². The molecule has 1 aliphatic heterocycles. The van der Waals surface area contributed by atoms with Crippen LogP contribution in [0.2, 0.25) is 0 Å². The molecule has 1 amide bonds. The Kier molecular flexibility index (Phi) is 7.05. The molecule has 1 fully saturated rings. The number of amides is 1. The van der Waals surface area contributed by atoms with Crippen molar-refractivity contribution in [3.63, 3.8) is 0 Å². The van der Waals surface area contributed by atoms with Gasteiger partial charge in [0, 0.05) is 45.5 Å². The molecule has 1 aliphatic rings. The molecule has 0 bridgehead atoms. The summed E-state index contributed by atoms with van der Waals surface area (Å²) in [6.07, 6.45) is 0. The highest BCUT2D eigenvalue weighted by Crippen LogP contribution is 2.15. The number of aliphatic imine (C=N–C) groups is 1. The third kappa shape index (κ3) is 5.70. The van der Waals surface area contributed by atoms with Crippen molar-refractivity contribution in [1.82, 2.24) is 15.5 Å². The van der Waals surface area contributed by atoms with Gasteiger partial charge in [-0.05, 0) is 36.2 Å². The highest BCUT2D eigenvalue weighted by molar-refractivity contribution is 5.86. The molecule has 29 heavy (non-hydrogen) atoms. The number of benzene rings is 2. The molecule has 7 heteroatoms. The minimum absolute atomic E-state index is 0.0540. The van der Waals surface area contributed by atoms with E-state index in [9.17, 15) is 9.18 Å². The fourth-order valence-corrected chi connectivity index (χ4v) is 3.35. The predicted octanol–water partition coefficient (Wildman–Crippen LogP) is 2.15. The van der Waals surface area contributed by atoms with E-state index >= 15 is 0 Å². The average molecular weight is 397 g/mol. The lowest BCUT2D eigenvalue weighted by atomic mass is 10.1. The Morgan fingerprint density at radius 1 is 1.07 bits per heavy atom. The molecule has 1 heterocycles. The fourth-order valence-electron chi connectivity index (χ4n) is 3.35. The molecule has 2 aromatic carbocycles. The quantitative estimate of drug-likeness (QED) is 0.600.